The number of rotatable bonds is 8. The number of hydrogen-bond acceptors (Lipinski definition) is 6. The smallest absolute Gasteiger partial charge is 0.848 e. The first kappa shape index (κ1) is 38.8. The Bertz CT molecular complexity index is 345. The van der Waals surface area contributed by atoms with E-state index in [4.69, 9.17) is 0 Å². The molecule has 0 heterocycles. The largest absolute Gasteiger partial charge is 2.00 e. The van der Waals surface area contributed by atoms with E-state index < -0.39 is 33.6 Å². The van der Waals surface area contributed by atoms with Crippen molar-refractivity contribution in [1.82, 2.24) is 0 Å². The van der Waals surface area contributed by atoms with Crippen LogP contribution in [0.1, 0.15) is 53.4 Å². The van der Waals surface area contributed by atoms with E-state index in [1.807, 2.05) is 27.7 Å². The van der Waals surface area contributed by atoms with E-state index in [9.17, 15) is 29.4 Å². The molecule has 0 rings (SSSR count). The Morgan fingerprint density at radius 3 is 0.720 bits per heavy atom. The van der Waals surface area contributed by atoms with Crippen LogP contribution in [-0.2, 0) is 78.6 Å². The zero-order chi connectivity index (χ0) is 17.8. The maximum absolute atomic E-state index is 10.6. The van der Waals surface area contributed by atoms with Gasteiger partial charge in [-0.25, -0.2) is 20.1 Å². The third-order valence-corrected chi connectivity index (χ3v) is 13.2. The molecule has 0 bridgehead atoms. The van der Waals surface area contributed by atoms with E-state index in [2.05, 4.69) is 0 Å². The predicted molar refractivity (Wildman–Crippen MR) is 89.2 cm³/mol. The minimum absolute atomic E-state index is 0. The molecular formula is C12H28O6P2S2Zn3. The van der Waals surface area contributed by atoms with E-state index in [0.717, 1.165) is 25.7 Å². The standard InChI is InChI=1S/2C6H14O3PS.3Zn/c2*1-3-5-11(6-4-2)10(7,8)9;;;/h2*3-6H2,1-2H3;;;/q2*-3;3*+2. The van der Waals surface area contributed by atoms with E-state index in [-0.39, 0.29) is 58.4 Å². The van der Waals surface area contributed by atoms with Crippen LogP contribution in [0.5, 0.6) is 0 Å². The van der Waals surface area contributed by atoms with Gasteiger partial charge in [0.05, 0.1) is 0 Å². The van der Waals surface area contributed by atoms with Crippen molar-refractivity contribution >= 4 is 33.6 Å². The topological polar surface area (TPSA) is 138 Å². The Morgan fingerprint density at radius 2 is 0.640 bits per heavy atom. The summed E-state index contributed by atoms with van der Waals surface area (Å²) in [6.45, 7) is -0.986. The van der Waals surface area contributed by atoms with Gasteiger partial charge in [0.15, 0.2) is 0 Å². The van der Waals surface area contributed by atoms with E-state index >= 15 is 0 Å². The summed E-state index contributed by atoms with van der Waals surface area (Å²) in [5.74, 6) is 2.16. The summed E-state index contributed by atoms with van der Waals surface area (Å²) in [7, 11) is -1.79. The van der Waals surface area contributed by atoms with Crippen molar-refractivity contribution in [3.63, 3.8) is 0 Å². The Kier molecular flexibility index (Phi) is 33.9. The van der Waals surface area contributed by atoms with Crippen molar-refractivity contribution in [2.24, 2.45) is 0 Å². The van der Waals surface area contributed by atoms with Crippen molar-refractivity contribution in [1.29, 1.82) is 0 Å². The van der Waals surface area contributed by atoms with Gasteiger partial charge in [0.25, 0.3) is 0 Å². The molecule has 0 aromatic rings. The molecule has 25 heavy (non-hydrogen) atoms. The summed E-state index contributed by atoms with van der Waals surface area (Å²) in [5.41, 5.74) is 0. The molecule has 0 unspecified atom stereocenters. The van der Waals surface area contributed by atoms with Crippen molar-refractivity contribution in [3.05, 3.63) is 0 Å². The third kappa shape index (κ3) is 23.3. The van der Waals surface area contributed by atoms with Crippen molar-refractivity contribution in [2.75, 3.05) is 23.0 Å². The summed E-state index contributed by atoms with van der Waals surface area (Å²) in [6, 6.07) is 0. The molecule has 13 heteroatoms. The second-order valence-corrected chi connectivity index (χ2v) is 15.7. The minimum atomic E-state index is -4.28. The van der Waals surface area contributed by atoms with Gasteiger partial charge in [-0.15, -0.1) is 0 Å². The Hall–Kier alpha value is 3.19. The van der Waals surface area contributed by atoms with Gasteiger partial charge in [0, 0.05) is 0 Å². The van der Waals surface area contributed by atoms with Crippen LogP contribution in [0.25, 0.3) is 0 Å². The molecule has 0 fully saturated rings. The SMILES string of the molecule is CCCS(CCC)=P([O-])([O-])[O-].CCCS(CCC)=P([O-])([O-])[O-].[Zn+2].[Zn+2].[Zn+2]. The monoisotopic (exact) mass is 586 g/mol. The van der Waals surface area contributed by atoms with Gasteiger partial charge in [-0.1, -0.05) is 27.7 Å². The van der Waals surface area contributed by atoms with Crippen molar-refractivity contribution in [3.8, 4) is 0 Å². The normalized spacial score (nSPS) is 11.0. The third-order valence-electron chi connectivity index (χ3n) is 2.39. The zero-order valence-corrected chi connectivity index (χ0v) is 28.3. The second kappa shape index (κ2) is 21.9. The van der Waals surface area contributed by atoms with E-state index in [1.165, 1.54) is 0 Å². The first-order valence-corrected chi connectivity index (χ1v) is 14.9. The number of hydrogen-bond donors (Lipinski definition) is 0. The Labute approximate surface area is 196 Å². The molecule has 0 N–H and O–H groups in total. The molecule has 0 amide bonds. The fourth-order valence-electron chi connectivity index (χ4n) is 1.59. The first-order valence-electron chi connectivity index (χ1n) is 7.44. The summed E-state index contributed by atoms with van der Waals surface area (Å²) < 4.78 is 0. The molecule has 0 aromatic carbocycles. The quantitative estimate of drug-likeness (QED) is 0.246. The van der Waals surface area contributed by atoms with Gasteiger partial charge < -0.3 is 42.8 Å². The first-order chi connectivity index (χ1) is 10.0. The zero-order valence-electron chi connectivity index (χ0n) is 15.9. The van der Waals surface area contributed by atoms with E-state index in [1.54, 1.807) is 0 Å². The van der Waals surface area contributed by atoms with E-state index in [0.29, 0.717) is 23.0 Å². The maximum Gasteiger partial charge on any atom is 2.00 e. The van der Waals surface area contributed by atoms with Crippen LogP contribution in [-0.4, -0.2) is 23.0 Å². The molecule has 0 spiro atoms. The Morgan fingerprint density at radius 1 is 0.480 bits per heavy atom. The van der Waals surface area contributed by atoms with Crippen LogP contribution in [0.15, 0.2) is 0 Å². The minimum Gasteiger partial charge on any atom is -0.848 e. The molecule has 0 atom stereocenters. The molecule has 6 nitrogen and oxygen atoms in total. The maximum atomic E-state index is 10.6. The molecule has 0 saturated heterocycles. The van der Waals surface area contributed by atoms with Gasteiger partial charge in [0.2, 0.25) is 0 Å². The van der Waals surface area contributed by atoms with Gasteiger partial charge in [0.1, 0.15) is 0 Å². The fourth-order valence-corrected chi connectivity index (χ4v) is 9.66. The molecule has 0 aliphatic heterocycles. The fraction of sp³-hybridized carbons (Fsp3) is 1.00. The van der Waals surface area contributed by atoms with Crippen LogP contribution < -0.4 is 29.4 Å². The van der Waals surface area contributed by atoms with Gasteiger partial charge >= 0.3 is 58.4 Å². The summed E-state index contributed by atoms with van der Waals surface area (Å²) in [5, 5.41) is 0. The summed E-state index contributed by atoms with van der Waals surface area (Å²) in [4.78, 5) is 63.6. The molecule has 0 aliphatic rings. The van der Waals surface area contributed by atoms with Crippen LogP contribution in [0, 0.1) is 0 Å². The average molecular weight is 591 g/mol. The van der Waals surface area contributed by atoms with Crippen LogP contribution in [0.4, 0.5) is 0 Å². The van der Waals surface area contributed by atoms with Crippen LogP contribution in [0.3, 0.4) is 0 Å². The summed E-state index contributed by atoms with van der Waals surface area (Å²) in [6.07, 6.45) is 3.10. The van der Waals surface area contributed by atoms with Crippen LogP contribution >= 0.6 is 13.4 Å². The molecule has 0 aromatic heterocycles. The second-order valence-electron chi connectivity index (χ2n) is 4.64. The predicted octanol–water partition coefficient (Wildman–Crippen LogP) is -1.64. The van der Waals surface area contributed by atoms with Gasteiger partial charge in [-0.3, -0.25) is 0 Å². The molecular weight excluding hydrogens is 562 g/mol. The summed E-state index contributed by atoms with van der Waals surface area (Å²) >= 11 is 0. The van der Waals surface area contributed by atoms with Gasteiger partial charge in [-0.2, -0.15) is 0 Å². The molecule has 0 radical (unpaired) electrons. The molecule has 140 valence electrons. The van der Waals surface area contributed by atoms with Crippen LogP contribution in [0.2, 0.25) is 0 Å². The molecule has 0 aliphatic carbocycles. The Balaban J connectivity index is -0.0000000952. The average Bonchev–Trinajstić information content (AvgIpc) is 2.37. The van der Waals surface area contributed by atoms with Gasteiger partial charge in [-0.05, 0) is 48.7 Å². The molecule has 0 saturated carbocycles. The van der Waals surface area contributed by atoms with Crippen molar-refractivity contribution < 1.29 is 87.8 Å². The van der Waals surface area contributed by atoms with Crippen molar-refractivity contribution in [2.45, 2.75) is 53.4 Å².